The molecule has 0 aliphatic rings. The molecule has 1 atom stereocenters. The molecule has 0 saturated carbocycles. The largest absolute Gasteiger partial charge is 0.465 e. The second-order valence-electron chi connectivity index (χ2n) is 4.07. The number of esters is 1. The van der Waals surface area contributed by atoms with E-state index in [2.05, 4.69) is 20.9 Å². The van der Waals surface area contributed by atoms with E-state index in [9.17, 15) is 4.79 Å². The van der Waals surface area contributed by atoms with Crippen LogP contribution in [0.4, 0.5) is 0 Å². The summed E-state index contributed by atoms with van der Waals surface area (Å²) >= 11 is 3.42. The molecule has 4 nitrogen and oxygen atoms in total. The molecule has 18 heavy (non-hydrogen) atoms. The molecule has 1 heterocycles. The number of carbonyl (C=O) groups excluding carboxylic acids is 1. The first-order chi connectivity index (χ1) is 8.61. The van der Waals surface area contributed by atoms with E-state index in [1.165, 1.54) is 0 Å². The fourth-order valence-electron chi connectivity index (χ4n) is 1.90. The van der Waals surface area contributed by atoms with E-state index in [-0.39, 0.29) is 5.97 Å². The molecule has 96 valence electrons. The second kappa shape index (κ2) is 5.54. The molecular formula is C13H15BrN2O2. The maximum absolute atomic E-state index is 11.5. The van der Waals surface area contributed by atoms with Gasteiger partial charge in [-0.05, 0) is 24.6 Å². The number of halogens is 1. The highest BCUT2D eigenvalue weighted by Crippen LogP contribution is 2.23. The van der Waals surface area contributed by atoms with E-state index in [0.29, 0.717) is 13.0 Å². The van der Waals surface area contributed by atoms with Gasteiger partial charge in [0.2, 0.25) is 0 Å². The van der Waals surface area contributed by atoms with Gasteiger partial charge in [-0.25, -0.2) is 0 Å². The van der Waals surface area contributed by atoms with Crippen molar-refractivity contribution in [3.8, 4) is 0 Å². The average Bonchev–Trinajstić information content (AvgIpc) is 2.72. The zero-order valence-corrected chi connectivity index (χ0v) is 11.7. The van der Waals surface area contributed by atoms with E-state index in [4.69, 9.17) is 10.5 Å². The number of nitrogens with two attached hydrogens (primary N) is 1. The van der Waals surface area contributed by atoms with Crippen LogP contribution in [-0.2, 0) is 16.0 Å². The number of benzene rings is 1. The van der Waals surface area contributed by atoms with Crippen molar-refractivity contribution in [2.75, 3.05) is 6.61 Å². The highest BCUT2D eigenvalue weighted by Gasteiger charge is 2.17. The Balaban J connectivity index is 2.19. The summed E-state index contributed by atoms with van der Waals surface area (Å²) in [5.41, 5.74) is 7.87. The number of ether oxygens (including phenoxy) is 1. The predicted molar refractivity (Wildman–Crippen MR) is 74.3 cm³/mol. The lowest BCUT2D eigenvalue weighted by molar-refractivity contribution is -0.144. The second-order valence-corrected chi connectivity index (χ2v) is 4.98. The number of hydrogen-bond acceptors (Lipinski definition) is 3. The van der Waals surface area contributed by atoms with Crippen LogP contribution < -0.4 is 5.73 Å². The molecule has 2 aromatic rings. The molecule has 1 aromatic carbocycles. The fourth-order valence-corrected chi connectivity index (χ4v) is 2.26. The number of rotatable bonds is 4. The summed E-state index contributed by atoms with van der Waals surface area (Å²) in [6.07, 6.45) is 2.36. The van der Waals surface area contributed by atoms with Crippen molar-refractivity contribution in [3.63, 3.8) is 0 Å². The third-order valence-corrected chi connectivity index (χ3v) is 3.25. The van der Waals surface area contributed by atoms with Crippen LogP contribution in [0.2, 0.25) is 0 Å². The van der Waals surface area contributed by atoms with Crippen molar-refractivity contribution in [1.29, 1.82) is 0 Å². The SMILES string of the molecule is CCOC(=O)[C@@H](N)Cc1c[nH]c2cc(Br)ccc12. The maximum atomic E-state index is 11.5. The van der Waals surface area contributed by atoms with E-state index < -0.39 is 6.04 Å². The molecule has 0 amide bonds. The van der Waals surface area contributed by atoms with Crippen LogP contribution >= 0.6 is 15.9 Å². The van der Waals surface area contributed by atoms with Crippen LogP contribution in [0, 0.1) is 0 Å². The first-order valence-electron chi connectivity index (χ1n) is 5.79. The Morgan fingerprint density at radius 1 is 1.56 bits per heavy atom. The summed E-state index contributed by atoms with van der Waals surface area (Å²) in [5.74, 6) is -0.357. The van der Waals surface area contributed by atoms with Gasteiger partial charge in [0, 0.05) is 28.0 Å². The van der Waals surface area contributed by atoms with Crippen molar-refractivity contribution < 1.29 is 9.53 Å². The molecule has 2 rings (SSSR count). The summed E-state index contributed by atoms with van der Waals surface area (Å²) in [6.45, 7) is 2.13. The van der Waals surface area contributed by atoms with Crippen molar-refractivity contribution in [2.24, 2.45) is 5.73 Å². The Hall–Kier alpha value is -1.33. The molecule has 0 unspecified atom stereocenters. The summed E-state index contributed by atoms with van der Waals surface area (Å²) in [4.78, 5) is 14.7. The summed E-state index contributed by atoms with van der Waals surface area (Å²) < 4.78 is 5.91. The molecule has 0 aliphatic heterocycles. The van der Waals surface area contributed by atoms with Gasteiger partial charge in [0.05, 0.1) is 6.61 Å². The van der Waals surface area contributed by atoms with Gasteiger partial charge in [0.1, 0.15) is 6.04 Å². The van der Waals surface area contributed by atoms with Crippen molar-refractivity contribution in [2.45, 2.75) is 19.4 Å². The summed E-state index contributed by atoms with van der Waals surface area (Å²) in [7, 11) is 0. The topological polar surface area (TPSA) is 68.1 Å². The van der Waals surface area contributed by atoms with Crippen LogP contribution in [0.3, 0.4) is 0 Å². The van der Waals surface area contributed by atoms with E-state index >= 15 is 0 Å². The maximum Gasteiger partial charge on any atom is 0.323 e. The first kappa shape index (κ1) is 13.1. The van der Waals surface area contributed by atoms with Gasteiger partial charge in [0.15, 0.2) is 0 Å². The van der Waals surface area contributed by atoms with Gasteiger partial charge in [-0.2, -0.15) is 0 Å². The standard InChI is InChI=1S/C13H15BrN2O2/c1-2-18-13(17)11(15)5-8-7-16-12-6-9(14)3-4-10(8)12/h3-4,6-7,11,16H,2,5,15H2,1H3/t11-/m0/s1. The average molecular weight is 311 g/mol. The van der Waals surface area contributed by atoms with Gasteiger partial charge < -0.3 is 15.5 Å². The molecular weight excluding hydrogens is 296 g/mol. The summed E-state index contributed by atoms with van der Waals surface area (Å²) in [6, 6.07) is 5.35. The number of aromatic nitrogens is 1. The number of nitrogens with one attached hydrogen (secondary N) is 1. The first-order valence-corrected chi connectivity index (χ1v) is 6.59. The van der Waals surface area contributed by atoms with Crippen LogP contribution in [-0.4, -0.2) is 23.6 Å². The van der Waals surface area contributed by atoms with Gasteiger partial charge in [-0.1, -0.05) is 22.0 Å². The zero-order chi connectivity index (χ0) is 13.1. The molecule has 0 fully saturated rings. The molecule has 0 aliphatic carbocycles. The Morgan fingerprint density at radius 2 is 2.33 bits per heavy atom. The Bertz CT molecular complexity index is 565. The number of aromatic amines is 1. The minimum absolute atomic E-state index is 0.355. The third kappa shape index (κ3) is 2.73. The van der Waals surface area contributed by atoms with Crippen LogP contribution in [0.1, 0.15) is 12.5 Å². The van der Waals surface area contributed by atoms with Crippen molar-refractivity contribution in [3.05, 3.63) is 34.4 Å². The lowest BCUT2D eigenvalue weighted by Gasteiger charge is -2.09. The smallest absolute Gasteiger partial charge is 0.323 e. The molecule has 3 N–H and O–H groups in total. The van der Waals surface area contributed by atoms with Crippen LogP contribution in [0.25, 0.3) is 10.9 Å². The van der Waals surface area contributed by atoms with E-state index in [0.717, 1.165) is 20.9 Å². The van der Waals surface area contributed by atoms with Crippen molar-refractivity contribution in [1.82, 2.24) is 4.98 Å². The lowest BCUT2D eigenvalue weighted by Crippen LogP contribution is -2.34. The predicted octanol–water partition coefficient (Wildman–Crippen LogP) is 2.36. The molecule has 5 heteroatoms. The monoisotopic (exact) mass is 310 g/mol. The van der Waals surface area contributed by atoms with Crippen LogP contribution in [0.5, 0.6) is 0 Å². The van der Waals surface area contributed by atoms with E-state index in [1.807, 2.05) is 24.4 Å². The molecule has 1 aromatic heterocycles. The fraction of sp³-hybridized carbons (Fsp3) is 0.308. The molecule has 0 bridgehead atoms. The third-order valence-electron chi connectivity index (χ3n) is 2.76. The molecule has 0 radical (unpaired) electrons. The highest BCUT2D eigenvalue weighted by molar-refractivity contribution is 9.10. The highest BCUT2D eigenvalue weighted by atomic mass is 79.9. The van der Waals surface area contributed by atoms with Gasteiger partial charge >= 0.3 is 5.97 Å². The lowest BCUT2D eigenvalue weighted by atomic mass is 10.1. The minimum atomic E-state index is -0.618. The number of hydrogen-bond donors (Lipinski definition) is 2. The Morgan fingerprint density at radius 3 is 3.06 bits per heavy atom. The van der Waals surface area contributed by atoms with Gasteiger partial charge in [-0.3, -0.25) is 4.79 Å². The summed E-state index contributed by atoms with van der Waals surface area (Å²) in [5, 5.41) is 1.08. The quantitative estimate of drug-likeness (QED) is 0.852. The molecule has 0 spiro atoms. The number of fused-ring (bicyclic) bond motifs is 1. The normalized spacial score (nSPS) is 12.6. The number of carbonyl (C=O) groups is 1. The Labute approximate surface area is 114 Å². The molecule has 0 saturated heterocycles. The number of H-pyrrole nitrogens is 1. The zero-order valence-electron chi connectivity index (χ0n) is 10.1. The van der Waals surface area contributed by atoms with Gasteiger partial charge in [0.25, 0.3) is 0 Å². The Kier molecular flexibility index (Phi) is 4.04. The van der Waals surface area contributed by atoms with Crippen LogP contribution in [0.15, 0.2) is 28.9 Å². The van der Waals surface area contributed by atoms with Gasteiger partial charge in [-0.15, -0.1) is 0 Å². The van der Waals surface area contributed by atoms with Crippen molar-refractivity contribution >= 4 is 32.8 Å². The van der Waals surface area contributed by atoms with E-state index in [1.54, 1.807) is 6.92 Å². The minimum Gasteiger partial charge on any atom is -0.465 e.